The van der Waals surface area contributed by atoms with Gasteiger partial charge < -0.3 is 14.2 Å². The number of allylic oxidation sites excluding steroid dienone is 8. The van der Waals surface area contributed by atoms with E-state index in [0.717, 1.165) is 64.2 Å². The molecule has 0 radical (unpaired) electrons. The van der Waals surface area contributed by atoms with E-state index in [1.54, 1.807) is 0 Å². The molecule has 0 aromatic carbocycles. The number of unbranched alkanes of at least 4 members (excludes halogenated alkanes) is 27. The van der Waals surface area contributed by atoms with E-state index in [-0.39, 0.29) is 25.2 Å². The number of hydrogen-bond acceptors (Lipinski definition) is 5. The summed E-state index contributed by atoms with van der Waals surface area (Å²) in [5.74, 6) is -0.414. The summed E-state index contributed by atoms with van der Waals surface area (Å²) in [6.07, 6.45) is 60.0. The maximum absolute atomic E-state index is 12.6. The maximum atomic E-state index is 12.6. The number of carbonyl (C=O) groups excluding carboxylic acids is 2. The highest BCUT2D eigenvalue weighted by Crippen LogP contribution is 2.14. The summed E-state index contributed by atoms with van der Waals surface area (Å²) in [5, 5.41) is 0. The van der Waals surface area contributed by atoms with Gasteiger partial charge in [0.05, 0.1) is 6.61 Å². The lowest BCUT2D eigenvalue weighted by molar-refractivity contribution is -0.163. The fraction of sp³-hybridized carbons (Fsp3) is 0.811. The van der Waals surface area contributed by atoms with Crippen molar-refractivity contribution < 1.29 is 23.8 Å². The van der Waals surface area contributed by atoms with Crippen LogP contribution in [0.25, 0.3) is 0 Å². The second kappa shape index (κ2) is 49.2. The summed E-state index contributed by atoms with van der Waals surface area (Å²) in [6.45, 7) is 7.71. The van der Waals surface area contributed by atoms with Gasteiger partial charge in [0, 0.05) is 19.4 Å². The monoisotopic (exact) mass is 813 g/mol. The summed E-state index contributed by atoms with van der Waals surface area (Å²) in [5.41, 5.74) is 0. The third-order valence-corrected chi connectivity index (χ3v) is 10.8. The first-order valence-corrected chi connectivity index (χ1v) is 25.2. The van der Waals surface area contributed by atoms with E-state index < -0.39 is 6.10 Å². The van der Waals surface area contributed by atoms with E-state index in [1.807, 2.05) is 0 Å². The van der Waals surface area contributed by atoms with Crippen LogP contribution in [-0.4, -0.2) is 37.9 Å². The van der Waals surface area contributed by atoms with Crippen LogP contribution in [0.3, 0.4) is 0 Å². The molecule has 5 nitrogen and oxygen atoms in total. The summed E-state index contributed by atoms with van der Waals surface area (Å²) in [6, 6.07) is 0. The van der Waals surface area contributed by atoms with E-state index in [0.29, 0.717) is 19.4 Å². The normalized spacial score (nSPS) is 12.5. The molecule has 0 amide bonds. The van der Waals surface area contributed by atoms with Gasteiger partial charge in [0.25, 0.3) is 0 Å². The van der Waals surface area contributed by atoms with Gasteiger partial charge in [0.2, 0.25) is 0 Å². The fourth-order valence-corrected chi connectivity index (χ4v) is 7.04. The van der Waals surface area contributed by atoms with Gasteiger partial charge in [0.15, 0.2) is 6.10 Å². The second-order valence-electron chi connectivity index (χ2n) is 16.7. The number of esters is 2. The van der Waals surface area contributed by atoms with E-state index in [9.17, 15) is 9.59 Å². The van der Waals surface area contributed by atoms with Crippen LogP contribution in [0, 0.1) is 0 Å². The van der Waals surface area contributed by atoms with Crippen LogP contribution in [0.1, 0.15) is 252 Å². The lowest BCUT2D eigenvalue weighted by atomic mass is 10.1. The van der Waals surface area contributed by atoms with Crippen LogP contribution in [0.15, 0.2) is 48.6 Å². The molecular weight excluding hydrogens is 717 g/mol. The quantitative estimate of drug-likeness (QED) is 0.0348. The zero-order valence-corrected chi connectivity index (χ0v) is 38.8. The summed E-state index contributed by atoms with van der Waals surface area (Å²) >= 11 is 0. The predicted octanol–water partition coefficient (Wildman–Crippen LogP) is 16.8. The first-order chi connectivity index (χ1) is 28.6. The Bertz CT molecular complexity index is 966. The van der Waals surface area contributed by atoms with Crippen LogP contribution in [0.5, 0.6) is 0 Å². The molecule has 0 N–H and O–H groups in total. The third kappa shape index (κ3) is 46.5. The molecule has 0 saturated heterocycles. The molecule has 338 valence electrons. The average molecular weight is 813 g/mol. The van der Waals surface area contributed by atoms with Gasteiger partial charge in [-0.3, -0.25) is 9.59 Å². The summed E-state index contributed by atoms with van der Waals surface area (Å²) in [7, 11) is 0. The van der Waals surface area contributed by atoms with E-state index in [2.05, 4.69) is 69.4 Å². The molecule has 0 fully saturated rings. The van der Waals surface area contributed by atoms with Gasteiger partial charge in [-0.1, -0.05) is 204 Å². The average Bonchev–Trinajstić information content (AvgIpc) is 3.22. The molecule has 0 rings (SSSR count). The lowest BCUT2D eigenvalue weighted by Crippen LogP contribution is -2.30. The highest BCUT2D eigenvalue weighted by molar-refractivity contribution is 5.70. The minimum atomic E-state index is -0.535. The molecular formula is C53H96O5. The van der Waals surface area contributed by atoms with Crippen molar-refractivity contribution in [2.24, 2.45) is 0 Å². The Kier molecular flexibility index (Phi) is 47.4. The van der Waals surface area contributed by atoms with Crippen molar-refractivity contribution in [2.75, 3.05) is 19.8 Å². The molecule has 1 unspecified atom stereocenters. The van der Waals surface area contributed by atoms with E-state index in [4.69, 9.17) is 14.2 Å². The van der Waals surface area contributed by atoms with Gasteiger partial charge in [-0.05, 0) is 83.5 Å². The zero-order valence-electron chi connectivity index (χ0n) is 38.8. The van der Waals surface area contributed by atoms with E-state index >= 15 is 0 Å². The highest BCUT2D eigenvalue weighted by Gasteiger charge is 2.17. The van der Waals surface area contributed by atoms with Crippen molar-refractivity contribution in [1.29, 1.82) is 0 Å². The van der Waals surface area contributed by atoms with Crippen molar-refractivity contribution in [1.82, 2.24) is 0 Å². The smallest absolute Gasteiger partial charge is 0.306 e. The molecule has 0 aliphatic carbocycles. The van der Waals surface area contributed by atoms with E-state index in [1.165, 1.54) is 154 Å². The van der Waals surface area contributed by atoms with Crippen LogP contribution in [0.4, 0.5) is 0 Å². The Morgan fingerprint density at radius 2 is 0.724 bits per heavy atom. The predicted molar refractivity (Wildman–Crippen MR) is 251 cm³/mol. The number of rotatable bonds is 46. The van der Waals surface area contributed by atoms with Crippen molar-refractivity contribution in [3.63, 3.8) is 0 Å². The number of carbonyl (C=O) groups is 2. The van der Waals surface area contributed by atoms with Crippen molar-refractivity contribution in [3.05, 3.63) is 48.6 Å². The maximum Gasteiger partial charge on any atom is 0.306 e. The van der Waals surface area contributed by atoms with Gasteiger partial charge in [-0.15, -0.1) is 0 Å². The molecule has 0 aliphatic heterocycles. The second-order valence-corrected chi connectivity index (χ2v) is 16.7. The fourth-order valence-electron chi connectivity index (χ4n) is 7.04. The van der Waals surface area contributed by atoms with Crippen molar-refractivity contribution in [3.8, 4) is 0 Å². The molecule has 0 aromatic rings. The zero-order chi connectivity index (χ0) is 42.1. The first-order valence-electron chi connectivity index (χ1n) is 25.2. The summed E-state index contributed by atoms with van der Waals surface area (Å²) in [4.78, 5) is 25.1. The molecule has 0 spiro atoms. The summed E-state index contributed by atoms with van der Waals surface area (Å²) < 4.78 is 17.3. The topological polar surface area (TPSA) is 61.8 Å². The third-order valence-electron chi connectivity index (χ3n) is 10.8. The SMILES string of the molecule is CCCCC/C=C\C/C=C\CCCCCCCCCCCCOCC(COC(=O)CCCCCCCCC/C=C\C/C=C\CCCCC)OC(=O)CCCCCCC. The van der Waals surface area contributed by atoms with Crippen molar-refractivity contribution >= 4 is 11.9 Å². The molecule has 0 bridgehead atoms. The molecule has 1 atom stereocenters. The molecule has 0 aliphatic rings. The largest absolute Gasteiger partial charge is 0.462 e. The number of hydrogen-bond donors (Lipinski definition) is 0. The van der Waals surface area contributed by atoms with Crippen LogP contribution < -0.4 is 0 Å². The van der Waals surface area contributed by atoms with Crippen LogP contribution >= 0.6 is 0 Å². The Labute approximate surface area is 361 Å². The van der Waals surface area contributed by atoms with Gasteiger partial charge in [0.1, 0.15) is 6.61 Å². The Hall–Kier alpha value is -2.14. The number of ether oxygens (including phenoxy) is 3. The van der Waals surface area contributed by atoms with Crippen molar-refractivity contribution in [2.45, 2.75) is 258 Å². The van der Waals surface area contributed by atoms with Crippen LogP contribution in [0.2, 0.25) is 0 Å². The lowest BCUT2D eigenvalue weighted by Gasteiger charge is -2.18. The van der Waals surface area contributed by atoms with Gasteiger partial charge in [-0.25, -0.2) is 0 Å². The minimum absolute atomic E-state index is 0.0810. The molecule has 0 aromatic heterocycles. The Morgan fingerprint density at radius 3 is 1.17 bits per heavy atom. The Balaban J connectivity index is 4.01. The standard InChI is InChI=1S/C53H96O5/c1-4-7-10-13-15-17-19-21-23-25-26-27-29-31-33-35-37-39-42-45-48-56-49-51(58-53(55)47-44-40-12-9-6-3)50-57-52(54)46-43-41-38-36-34-32-30-28-24-22-20-18-16-14-11-8-5-2/h15-18,21-24,51H,4-14,19-20,25-50H2,1-3H3/b17-15-,18-16-,23-21-,24-22-. The Morgan fingerprint density at radius 1 is 0.379 bits per heavy atom. The van der Waals surface area contributed by atoms with Crippen LogP contribution in [-0.2, 0) is 23.8 Å². The molecule has 5 heteroatoms. The highest BCUT2D eigenvalue weighted by atomic mass is 16.6. The molecule has 0 saturated carbocycles. The molecule has 0 heterocycles. The minimum Gasteiger partial charge on any atom is -0.462 e. The first kappa shape index (κ1) is 55.9. The van der Waals surface area contributed by atoms with Gasteiger partial charge in [-0.2, -0.15) is 0 Å². The van der Waals surface area contributed by atoms with Gasteiger partial charge >= 0.3 is 11.9 Å². The molecule has 58 heavy (non-hydrogen) atoms.